The van der Waals surface area contributed by atoms with E-state index in [4.69, 9.17) is 0 Å². The first-order valence-electron chi connectivity index (χ1n) is 3.62. The van der Waals surface area contributed by atoms with E-state index in [-0.39, 0.29) is 6.04 Å². The van der Waals surface area contributed by atoms with Crippen LogP contribution in [0.4, 0.5) is 0 Å². The Labute approximate surface area is 62.2 Å². The summed E-state index contributed by atoms with van der Waals surface area (Å²) < 4.78 is 0. The second kappa shape index (κ2) is 3.66. The zero-order chi connectivity index (χ0) is 8.20. The van der Waals surface area contributed by atoms with Crippen molar-refractivity contribution < 1.29 is 5.11 Å². The molecule has 1 unspecified atom stereocenters. The molecule has 0 bridgehead atoms. The van der Waals surface area contributed by atoms with Crippen LogP contribution in [0.15, 0.2) is 10.2 Å². The van der Waals surface area contributed by atoms with Crippen molar-refractivity contribution in [3.8, 4) is 0 Å². The van der Waals surface area contributed by atoms with Gasteiger partial charge in [-0.2, -0.15) is 10.2 Å². The van der Waals surface area contributed by atoms with Crippen molar-refractivity contribution >= 4 is 0 Å². The van der Waals surface area contributed by atoms with Gasteiger partial charge < -0.3 is 5.11 Å². The molecule has 0 spiro atoms. The van der Waals surface area contributed by atoms with Crippen LogP contribution in [0.25, 0.3) is 0 Å². The summed E-state index contributed by atoms with van der Waals surface area (Å²) >= 11 is 0. The fourth-order valence-electron chi connectivity index (χ4n) is 0.311. The molecule has 0 radical (unpaired) electrons. The highest BCUT2D eigenvalue weighted by atomic mass is 16.3. The van der Waals surface area contributed by atoms with Crippen LogP contribution < -0.4 is 0 Å². The number of nitrogens with zero attached hydrogens (tertiary/aromatic N) is 2. The van der Waals surface area contributed by atoms with Crippen molar-refractivity contribution in [3.05, 3.63) is 0 Å². The lowest BCUT2D eigenvalue weighted by Crippen LogP contribution is -2.18. The van der Waals surface area contributed by atoms with Crippen molar-refractivity contribution in [2.75, 3.05) is 0 Å². The highest BCUT2D eigenvalue weighted by Crippen LogP contribution is 2.10. The van der Waals surface area contributed by atoms with Crippen LogP contribution in [0.3, 0.4) is 0 Å². The zero-order valence-corrected chi connectivity index (χ0v) is 7.13. The van der Waals surface area contributed by atoms with Gasteiger partial charge in [0.1, 0.15) is 0 Å². The van der Waals surface area contributed by atoms with Crippen molar-refractivity contribution in [1.82, 2.24) is 0 Å². The molecule has 0 saturated heterocycles. The van der Waals surface area contributed by atoms with Crippen LogP contribution in [0.2, 0.25) is 0 Å². The third kappa shape index (κ3) is 4.44. The fourth-order valence-corrected chi connectivity index (χ4v) is 0.311. The topological polar surface area (TPSA) is 45.0 Å². The molecule has 3 nitrogen and oxygen atoms in total. The summed E-state index contributed by atoms with van der Waals surface area (Å²) in [5.74, 6) is 0. The average Bonchev–Trinajstić information content (AvgIpc) is 1.85. The van der Waals surface area contributed by atoms with Gasteiger partial charge in [0.15, 0.2) is 5.72 Å². The van der Waals surface area contributed by atoms with Crippen molar-refractivity contribution in [3.63, 3.8) is 0 Å². The lowest BCUT2D eigenvalue weighted by atomic mass is 10.2. The van der Waals surface area contributed by atoms with E-state index >= 15 is 0 Å². The third-order valence-electron chi connectivity index (χ3n) is 1.17. The van der Waals surface area contributed by atoms with Gasteiger partial charge in [-0.15, -0.1) is 0 Å². The monoisotopic (exact) mass is 144 g/mol. The Kier molecular flexibility index (Phi) is 3.50. The van der Waals surface area contributed by atoms with Gasteiger partial charge in [-0.3, -0.25) is 0 Å². The Morgan fingerprint density at radius 2 is 2.00 bits per heavy atom. The van der Waals surface area contributed by atoms with E-state index in [0.717, 1.165) is 0 Å². The van der Waals surface area contributed by atoms with Gasteiger partial charge in [-0.25, -0.2) is 0 Å². The summed E-state index contributed by atoms with van der Waals surface area (Å²) in [5, 5.41) is 16.9. The molecular weight excluding hydrogens is 128 g/mol. The summed E-state index contributed by atoms with van der Waals surface area (Å²) in [6.07, 6.45) is 0.600. The highest BCUT2D eigenvalue weighted by molar-refractivity contribution is 4.64. The van der Waals surface area contributed by atoms with E-state index in [1.165, 1.54) is 0 Å². The maximum absolute atomic E-state index is 9.31. The SMILES string of the molecule is CCC(C)(O)N=NC(C)C. The van der Waals surface area contributed by atoms with Crippen molar-refractivity contribution in [2.24, 2.45) is 10.2 Å². The molecule has 0 heterocycles. The molecule has 0 saturated carbocycles. The molecule has 0 aliphatic heterocycles. The van der Waals surface area contributed by atoms with Crippen LogP contribution in [-0.2, 0) is 0 Å². The summed E-state index contributed by atoms with van der Waals surface area (Å²) in [5.41, 5.74) is -0.968. The minimum Gasteiger partial charge on any atom is -0.368 e. The molecular formula is C7H16N2O. The minimum atomic E-state index is -0.968. The molecule has 60 valence electrons. The van der Waals surface area contributed by atoms with E-state index in [1.54, 1.807) is 6.92 Å². The van der Waals surface area contributed by atoms with Crippen molar-refractivity contribution in [2.45, 2.75) is 45.9 Å². The van der Waals surface area contributed by atoms with E-state index in [2.05, 4.69) is 10.2 Å². The lowest BCUT2D eigenvalue weighted by molar-refractivity contribution is 0.0563. The first kappa shape index (κ1) is 9.56. The number of aliphatic hydroxyl groups is 1. The molecule has 0 aromatic heterocycles. The van der Waals surface area contributed by atoms with E-state index in [9.17, 15) is 5.11 Å². The Bertz CT molecular complexity index is 119. The third-order valence-corrected chi connectivity index (χ3v) is 1.17. The number of azo groups is 1. The first-order chi connectivity index (χ1) is 4.48. The summed E-state index contributed by atoms with van der Waals surface area (Å²) in [6, 6.07) is 0.165. The molecule has 0 fully saturated rings. The average molecular weight is 144 g/mol. The predicted molar refractivity (Wildman–Crippen MR) is 40.9 cm³/mol. The van der Waals surface area contributed by atoms with Crippen molar-refractivity contribution in [1.29, 1.82) is 0 Å². The van der Waals surface area contributed by atoms with E-state index in [1.807, 2.05) is 20.8 Å². The van der Waals surface area contributed by atoms with E-state index in [0.29, 0.717) is 6.42 Å². The molecule has 0 rings (SSSR count). The summed E-state index contributed by atoms with van der Waals surface area (Å²) in [4.78, 5) is 0. The minimum absolute atomic E-state index is 0.165. The maximum Gasteiger partial charge on any atom is 0.172 e. The van der Waals surface area contributed by atoms with Gasteiger partial charge in [0.05, 0.1) is 6.04 Å². The standard InChI is InChI=1S/C7H16N2O/c1-5-7(4,10)9-8-6(2)3/h6,10H,5H2,1-4H3. The Morgan fingerprint density at radius 3 is 2.30 bits per heavy atom. The zero-order valence-electron chi connectivity index (χ0n) is 7.13. The van der Waals surface area contributed by atoms with Gasteiger partial charge in [0.2, 0.25) is 0 Å². The maximum atomic E-state index is 9.31. The Balaban J connectivity index is 3.86. The number of hydrogen-bond donors (Lipinski definition) is 1. The van der Waals surface area contributed by atoms with Crippen LogP contribution in [0, 0.1) is 0 Å². The second-order valence-corrected chi connectivity index (χ2v) is 2.88. The molecule has 0 amide bonds. The molecule has 1 N–H and O–H groups in total. The van der Waals surface area contributed by atoms with Crippen LogP contribution in [-0.4, -0.2) is 16.9 Å². The van der Waals surface area contributed by atoms with E-state index < -0.39 is 5.72 Å². The summed E-state index contributed by atoms with van der Waals surface area (Å²) in [7, 11) is 0. The number of rotatable bonds is 3. The van der Waals surface area contributed by atoms with Gasteiger partial charge in [-0.1, -0.05) is 6.92 Å². The lowest BCUT2D eigenvalue weighted by Gasteiger charge is -2.13. The second-order valence-electron chi connectivity index (χ2n) is 2.88. The van der Waals surface area contributed by atoms with Gasteiger partial charge >= 0.3 is 0 Å². The predicted octanol–water partition coefficient (Wildman–Crippen LogP) is 1.97. The molecule has 10 heavy (non-hydrogen) atoms. The molecule has 0 aliphatic carbocycles. The van der Waals surface area contributed by atoms with Gasteiger partial charge in [0.25, 0.3) is 0 Å². The molecule has 0 aromatic carbocycles. The Morgan fingerprint density at radius 1 is 1.50 bits per heavy atom. The smallest absolute Gasteiger partial charge is 0.172 e. The van der Waals surface area contributed by atoms with Crippen LogP contribution in [0.1, 0.15) is 34.1 Å². The van der Waals surface area contributed by atoms with Crippen LogP contribution in [0.5, 0.6) is 0 Å². The molecule has 3 heteroatoms. The largest absolute Gasteiger partial charge is 0.368 e. The normalized spacial score (nSPS) is 18.2. The quantitative estimate of drug-likeness (QED) is 0.605. The first-order valence-corrected chi connectivity index (χ1v) is 3.62. The number of hydrogen-bond acceptors (Lipinski definition) is 3. The molecule has 1 atom stereocenters. The Hall–Kier alpha value is -0.440. The van der Waals surface area contributed by atoms with Gasteiger partial charge in [0, 0.05) is 0 Å². The summed E-state index contributed by atoms with van der Waals surface area (Å²) in [6.45, 7) is 7.38. The molecule has 0 aromatic rings. The van der Waals surface area contributed by atoms with Gasteiger partial charge in [-0.05, 0) is 27.2 Å². The fraction of sp³-hybridized carbons (Fsp3) is 1.00. The highest BCUT2D eigenvalue weighted by Gasteiger charge is 2.14. The molecule has 0 aliphatic rings. The van der Waals surface area contributed by atoms with Crippen LogP contribution >= 0.6 is 0 Å².